The highest BCUT2D eigenvalue weighted by molar-refractivity contribution is 7.99. The van der Waals surface area contributed by atoms with E-state index in [2.05, 4.69) is 15.5 Å². The highest BCUT2D eigenvalue weighted by Crippen LogP contribution is 2.30. The van der Waals surface area contributed by atoms with Gasteiger partial charge in [-0.2, -0.15) is 11.8 Å². The van der Waals surface area contributed by atoms with Crippen LogP contribution in [0.4, 0.5) is 16.2 Å². The number of anilines is 2. The molecule has 2 aromatic rings. The van der Waals surface area contributed by atoms with Gasteiger partial charge in [0.1, 0.15) is 5.76 Å². The van der Waals surface area contributed by atoms with E-state index in [1.807, 2.05) is 55.0 Å². The van der Waals surface area contributed by atoms with Crippen LogP contribution in [0.25, 0.3) is 0 Å². The number of hydrogen-bond acceptors (Lipinski definition) is 5. The molecule has 2 amide bonds. The molecule has 1 aromatic heterocycles. The van der Waals surface area contributed by atoms with Crippen LogP contribution in [0.15, 0.2) is 41.0 Å². The lowest BCUT2D eigenvalue weighted by molar-refractivity contribution is 0.233. The van der Waals surface area contributed by atoms with Crippen LogP contribution in [-0.4, -0.2) is 56.2 Å². The van der Waals surface area contributed by atoms with E-state index >= 15 is 0 Å². The topological polar surface area (TPSA) is 60.8 Å². The summed E-state index contributed by atoms with van der Waals surface area (Å²) in [7, 11) is 3.90. The number of carbonyl (C=O) groups excluding carboxylic acids is 1. The number of halogens is 1. The molecule has 0 spiro atoms. The van der Waals surface area contributed by atoms with E-state index in [4.69, 9.17) is 16.0 Å². The third kappa shape index (κ3) is 5.34. The molecular weight excluding hydrogens is 384 g/mol. The molecule has 146 valence electrons. The Bertz CT molecular complexity index is 748. The Labute approximate surface area is 169 Å². The number of furan rings is 1. The minimum absolute atomic E-state index is 0.0336. The number of likely N-dealkylation sites (N-methyl/N-ethyl adjacent to an activating group) is 1. The van der Waals surface area contributed by atoms with Crippen molar-refractivity contribution < 1.29 is 9.21 Å². The lowest BCUT2D eigenvalue weighted by atomic mass is 10.2. The van der Waals surface area contributed by atoms with Crippen molar-refractivity contribution >= 4 is 40.8 Å². The number of benzene rings is 1. The Morgan fingerprint density at radius 1 is 1.33 bits per heavy atom. The van der Waals surface area contributed by atoms with E-state index < -0.39 is 0 Å². The standard InChI is InChI=1S/C19H25ClN4O2S/c1-23(2)17(18-4-3-9-26-18)13-21-19(25)22-14-5-6-16(15(20)12-14)24-7-10-27-11-8-24/h3-6,9,12,17H,7-8,10-11,13H2,1-2H3,(H2,21,22,25). The molecule has 2 N–H and O–H groups in total. The molecule has 1 aliphatic heterocycles. The molecule has 0 aliphatic carbocycles. The summed E-state index contributed by atoms with van der Waals surface area (Å²) in [6, 6.07) is 9.10. The maximum atomic E-state index is 12.3. The Balaban J connectivity index is 1.56. The van der Waals surface area contributed by atoms with Crippen LogP contribution in [0.5, 0.6) is 0 Å². The minimum atomic E-state index is -0.272. The third-order valence-electron chi connectivity index (χ3n) is 4.51. The predicted molar refractivity (Wildman–Crippen MR) is 113 cm³/mol. The molecule has 8 heteroatoms. The quantitative estimate of drug-likeness (QED) is 0.758. The van der Waals surface area contributed by atoms with E-state index in [0.29, 0.717) is 17.3 Å². The Morgan fingerprint density at radius 2 is 2.11 bits per heavy atom. The summed E-state index contributed by atoms with van der Waals surface area (Å²) in [6.45, 7) is 2.43. The van der Waals surface area contributed by atoms with Crippen molar-refractivity contribution in [1.29, 1.82) is 0 Å². The number of urea groups is 1. The van der Waals surface area contributed by atoms with E-state index in [1.165, 1.54) is 0 Å². The van der Waals surface area contributed by atoms with Gasteiger partial charge in [-0.1, -0.05) is 11.6 Å². The van der Waals surface area contributed by atoms with Crippen LogP contribution < -0.4 is 15.5 Å². The van der Waals surface area contributed by atoms with E-state index in [1.54, 1.807) is 12.3 Å². The summed E-state index contributed by atoms with van der Waals surface area (Å²) >= 11 is 8.40. The van der Waals surface area contributed by atoms with Crippen LogP contribution in [-0.2, 0) is 0 Å². The average molecular weight is 409 g/mol. The lowest BCUT2D eigenvalue weighted by Gasteiger charge is -2.29. The SMILES string of the molecule is CN(C)C(CNC(=O)Nc1ccc(N2CCSCC2)c(Cl)c1)c1ccco1. The van der Waals surface area contributed by atoms with E-state index in [9.17, 15) is 4.79 Å². The highest BCUT2D eigenvalue weighted by Gasteiger charge is 2.18. The smallest absolute Gasteiger partial charge is 0.319 e. The highest BCUT2D eigenvalue weighted by atomic mass is 35.5. The van der Waals surface area contributed by atoms with Gasteiger partial charge in [-0.25, -0.2) is 4.79 Å². The second-order valence-corrected chi connectivity index (χ2v) is 8.23. The first-order chi connectivity index (χ1) is 13.0. The van der Waals surface area contributed by atoms with Crippen molar-refractivity contribution in [3.63, 3.8) is 0 Å². The summed E-state index contributed by atoms with van der Waals surface area (Å²) in [5, 5.41) is 6.39. The van der Waals surface area contributed by atoms with Crippen LogP contribution in [0.1, 0.15) is 11.8 Å². The molecule has 27 heavy (non-hydrogen) atoms. The van der Waals surface area contributed by atoms with Crippen LogP contribution >= 0.6 is 23.4 Å². The number of rotatable bonds is 6. The zero-order chi connectivity index (χ0) is 19.2. The lowest BCUT2D eigenvalue weighted by Crippen LogP contribution is -2.36. The number of hydrogen-bond donors (Lipinski definition) is 2. The van der Waals surface area contributed by atoms with Crippen LogP contribution in [0.2, 0.25) is 5.02 Å². The summed E-state index contributed by atoms with van der Waals surface area (Å²) in [5.41, 5.74) is 1.69. The molecule has 1 atom stereocenters. The van der Waals surface area contributed by atoms with Crippen molar-refractivity contribution in [1.82, 2.24) is 10.2 Å². The summed E-state index contributed by atoms with van der Waals surface area (Å²) in [6.07, 6.45) is 1.64. The molecule has 1 fully saturated rings. The average Bonchev–Trinajstić information content (AvgIpc) is 3.17. The number of carbonyl (C=O) groups is 1. The second-order valence-electron chi connectivity index (χ2n) is 6.60. The maximum absolute atomic E-state index is 12.3. The van der Waals surface area contributed by atoms with Gasteiger partial charge in [0.15, 0.2) is 0 Å². The molecule has 0 radical (unpaired) electrons. The van der Waals surface area contributed by atoms with Crippen molar-refractivity contribution in [2.75, 3.05) is 55.5 Å². The monoisotopic (exact) mass is 408 g/mol. The van der Waals surface area contributed by atoms with Crippen molar-refractivity contribution in [2.45, 2.75) is 6.04 Å². The first-order valence-corrected chi connectivity index (χ1v) is 10.4. The number of thioether (sulfide) groups is 1. The van der Waals surface area contributed by atoms with Gasteiger partial charge in [-0.05, 0) is 44.4 Å². The molecule has 1 aromatic carbocycles. The van der Waals surface area contributed by atoms with Gasteiger partial charge >= 0.3 is 6.03 Å². The van der Waals surface area contributed by atoms with Gasteiger partial charge in [-0.15, -0.1) is 0 Å². The molecule has 1 aliphatic rings. The predicted octanol–water partition coefficient (Wildman–Crippen LogP) is 3.91. The molecule has 1 saturated heterocycles. The fraction of sp³-hybridized carbons (Fsp3) is 0.421. The van der Waals surface area contributed by atoms with E-state index in [0.717, 1.165) is 36.0 Å². The number of nitrogens with zero attached hydrogens (tertiary/aromatic N) is 2. The summed E-state index contributed by atoms with van der Waals surface area (Å²) in [4.78, 5) is 16.6. The molecule has 3 rings (SSSR count). The minimum Gasteiger partial charge on any atom is -0.468 e. The van der Waals surface area contributed by atoms with Gasteiger partial charge in [-0.3, -0.25) is 4.90 Å². The Morgan fingerprint density at radius 3 is 2.74 bits per heavy atom. The van der Waals surface area contributed by atoms with Crippen LogP contribution in [0, 0.1) is 0 Å². The number of amides is 2. The van der Waals surface area contributed by atoms with Gasteiger partial charge in [0, 0.05) is 36.8 Å². The normalized spacial score (nSPS) is 15.6. The van der Waals surface area contributed by atoms with Gasteiger partial charge in [0.2, 0.25) is 0 Å². The first-order valence-electron chi connectivity index (χ1n) is 8.91. The maximum Gasteiger partial charge on any atom is 0.319 e. The Hall–Kier alpha value is -1.83. The number of nitrogens with one attached hydrogen (secondary N) is 2. The Kier molecular flexibility index (Phi) is 6.93. The van der Waals surface area contributed by atoms with Crippen LogP contribution in [0.3, 0.4) is 0 Å². The summed E-state index contributed by atoms with van der Waals surface area (Å²) in [5.74, 6) is 3.04. The third-order valence-corrected chi connectivity index (χ3v) is 5.75. The molecule has 1 unspecified atom stereocenters. The molecule has 6 nitrogen and oxygen atoms in total. The fourth-order valence-electron chi connectivity index (χ4n) is 3.03. The summed E-state index contributed by atoms with van der Waals surface area (Å²) < 4.78 is 5.46. The second kappa shape index (κ2) is 9.39. The molecule has 0 saturated carbocycles. The van der Waals surface area contributed by atoms with Crippen molar-refractivity contribution in [2.24, 2.45) is 0 Å². The fourth-order valence-corrected chi connectivity index (χ4v) is 4.23. The van der Waals surface area contributed by atoms with Gasteiger partial charge < -0.3 is 20.0 Å². The molecular formula is C19H25ClN4O2S. The van der Waals surface area contributed by atoms with Gasteiger partial charge in [0.05, 0.1) is 23.0 Å². The van der Waals surface area contributed by atoms with Gasteiger partial charge in [0.25, 0.3) is 0 Å². The molecule has 0 bridgehead atoms. The largest absolute Gasteiger partial charge is 0.468 e. The van der Waals surface area contributed by atoms with Crippen molar-refractivity contribution in [3.8, 4) is 0 Å². The van der Waals surface area contributed by atoms with Crippen molar-refractivity contribution in [3.05, 3.63) is 47.4 Å². The zero-order valence-corrected chi connectivity index (χ0v) is 17.1. The van der Waals surface area contributed by atoms with E-state index in [-0.39, 0.29) is 12.1 Å². The zero-order valence-electron chi connectivity index (χ0n) is 15.6. The molecule has 2 heterocycles. The first kappa shape index (κ1) is 19.9.